The fraction of sp³-hybridized carbons (Fsp3) is 0.667. The summed E-state index contributed by atoms with van der Waals surface area (Å²) >= 11 is 0. The van der Waals surface area contributed by atoms with Crippen molar-refractivity contribution in [2.45, 2.75) is 38.6 Å². The number of nitrogens with zero attached hydrogens (tertiary/aromatic N) is 3. The van der Waals surface area contributed by atoms with Crippen molar-refractivity contribution < 1.29 is 10.0 Å². The predicted molar refractivity (Wildman–Crippen MR) is 74.9 cm³/mol. The minimum atomic E-state index is -0.491. The van der Waals surface area contributed by atoms with Crippen LogP contribution in [0.1, 0.15) is 31.9 Å². The highest BCUT2D eigenvalue weighted by molar-refractivity contribution is 5.62. The summed E-state index contributed by atoms with van der Waals surface area (Å²) in [6, 6.07) is 0. The quantitative estimate of drug-likeness (QED) is 0.534. The van der Waals surface area contributed by atoms with Crippen LogP contribution >= 0.6 is 0 Å². The Bertz CT molecular complexity index is 511. The van der Waals surface area contributed by atoms with Gasteiger partial charge in [-0.3, -0.25) is 10.1 Å². The number of aryl methyl sites for hydroxylation is 1. The largest absolute Gasteiger partial charge is 0.394 e. The SMILES string of the molecule is CCNc1nc(C)c([N+](=O)[O-])c(NC2(CO)CCC2)n1. The van der Waals surface area contributed by atoms with E-state index in [0.29, 0.717) is 18.2 Å². The van der Waals surface area contributed by atoms with Crippen molar-refractivity contribution in [3.8, 4) is 0 Å². The van der Waals surface area contributed by atoms with E-state index >= 15 is 0 Å². The highest BCUT2D eigenvalue weighted by Gasteiger charge is 2.39. The summed E-state index contributed by atoms with van der Waals surface area (Å²) < 4.78 is 0. The zero-order valence-electron chi connectivity index (χ0n) is 11.6. The topological polar surface area (TPSA) is 113 Å². The highest BCUT2D eigenvalue weighted by Crippen LogP contribution is 2.37. The summed E-state index contributed by atoms with van der Waals surface area (Å²) in [5.41, 5.74) is -0.322. The minimum absolute atomic E-state index is 0.0657. The molecule has 3 N–H and O–H groups in total. The lowest BCUT2D eigenvalue weighted by molar-refractivity contribution is -0.385. The Kier molecular flexibility index (Phi) is 4.03. The second-order valence-corrected chi connectivity index (χ2v) is 5.03. The zero-order valence-corrected chi connectivity index (χ0v) is 11.6. The van der Waals surface area contributed by atoms with Crippen LogP contribution in [0.15, 0.2) is 0 Å². The van der Waals surface area contributed by atoms with Crippen molar-refractivity contribution in [2.24, 2.45) is 0 Å². The van der Waals surface area contributed by atoms with Gasteiger partial charge in [0.05, 0.1) is 17.1 Å². The van der Waals surface area contributed by atoms with Gasteiger partial charge in [-0.05, 0) is 33.1 Å². The molecule has 20 heavy (non-hydrogen) atoms. The molecule has 1 aliphatic rings. The van der Waals surface area contributed by atoms with Crippen LogP contribution in [0.5, 0.6) is 0 Å². The Morgan fingerprint density at radius 1 is 1.45 bits per heavy atom. The van der Waals surface area contributed by atoms with Crippen molar-refractivity contribution in [3.05, 3.63) is 15.8 Å². The van der Waals surface area contributed by atoms with Gasteiger partial charge in [0, 0.05) is 6.54 Å². The Hall–Kier alpha value is -1.96. The van der Waals surface area contributed by atoms with Crippen LogP contribution in [-0.4, -0.2) is 38.7 Å². The second-order valence-electron chi connectivity index (χ2n) is 5.03. The smallest absolute Gasteiger partial charge is 0.332 e. The van der Waals surface area contributed by atoms with Crippen molar-refractivity contribution in [1.82, 2.24) is 9.97 Å². The van der Waals surface area contributed by atoms with Crippen LogP contribution in [-0.2, 0) is 0 Å². The van der Waals surface area contributed by atoms with Gasteiger partial charge in [0.2, 0.25) is 11.8 Å². The number of aliphatic hydroxyl groups is 1. The molecule has 0 aliphatic heterocycles. The minimum Gasteiger partial charge on any atom is -0.394 e. The number of aromatic nitrogens is 2. The molecule has 1 aliphatic carbocycles. The van der Waals surface area contributed by atoms with Crippen molar-refractivity contribution in [1.29, 1.82) is 0 Å². The first kappa shape index (κ1) is 14.4. The van der Waals surface area contributed by atoms with Gasteiger partial charge in [-0.25, -0.2) is 4.98 Å². The summed E-state index contributed by atoms with van der Waals surface area (Å²) in [4.78, 5) is 19.0. The van der Waals surface area contributed by atoms with Crippen molar-refractivity contribution in [3.63, 3.8) is 0 Å². The maximum atomic E-state index is 11.2. The number of nitrogens with one attached hydrogen (secondary N) is 2. The fourth-order valence-electron chi connectivity index (χ4n) is 2.29. The van der Waals surface area contributed by atoms with E-state index in [9.17, 15) is 15.2 Å². The van der Waals surface area contributed by atoms with Crippen LogP contribution < -0.4 is 10.6 Å². The molecule has 0 unspecified atom stereocenters. The second kappa shape index (κ2) is 5.58. The van der Waals surface area contributed by atoms with E-state index in [0.717, 1.165) is 19.3 Å². The van der Waals surface area contributed by atoms with Crippen LogP contribution in [0, 0.1) is 17.0 Å². The van der Waals surface area contributed by atoms with E-state index < -0.39 is 10.5 Å². The van der Waals surface area contributed by atoms with E-state index in [1.54, 1.807) is 6.92 Å². The average molecular weight is 281 g/mol. The highest BCUT2D eigenvalue weighted by atomic mass is 16.6. The summed E-state index contributed by atoms with van der Waals surface area (Å²) in [6.45, 7) is 4.04. The average Bonchev–Trinajstić information content (AvgIpc) is 2.33. The van der Waals surface area contributed by atoms with Gasteiger partial charge < -0.3 is 15.7 Å². The third-order valence-electron chi connectivity index (χ3n) is 3.57. The van der Waals surface area contributed by atoms with Gasteiger partial charge in [-0.15, -0.1) is 0 Å². The van der Waals surface area contributed by atoms with Gasteiger partial charge in [-0.1, -0.05) is 0 Å². The van der Waals surface area contributed by atoms with Crippen LogP contribution in [0.4, 0.5) is 17.5 Å². The number of anilines is 2. The number of hydrogen-bond donors (Lipinski definition) is 3. The van der Waals surface area contributed by atoms with Gasteiger partial charge in [0.25, 0.3) is 0 Å². The van der Waals surface area contributed by atoms with Gasteiger partial charge in [0.15, 0.2) is 0 Å². The van der Waals surface area contributed by atoms with E-state index in [1.807, 2.05) is 6.92 Å². The Balaban J connectivity index is 2.39. The summed E-state index contributed by atoms with van der Waals surface area (Å²) in [6.07, 6.45) is 2.55. The Labute approximate surface area is 116 Å². The van der Waals surface area contributed by atoms with E-state index in [-0.39, 0.29) is 18.1 Å². The third-order valence-corrected chi connectivity index (χ3v) is 3.57. The molecule has 0 atom stereocenters. The lowest BCUT2D eigenvalue weighted by Crippen LogP contribution is -2.48. The number of nitro groups is 1. The molecule has 0 radical (unpaired) electrons. The summed E-state index contributed by atoms with van der Waals surface area (Å²) in [5, 5.41) is 26.7. The first-order valence-electron chi connectivity index (χ1n) is 6.67. The molecule has 1 fully saturated rings. The van der Waals surface area contributed by atoms with E-state index in [4.69, 9.17) is 0 Å². The monoisotopic (exact) mass is 281 g/mol. The Morgan fingerprint density at radius 3 is 2.60 bits per heavy atom. The first-order valence-corrected chi connectivity index (χ1v) is 6.67. The molecule has 0 bridgehead atoms. The number of hydrogen-bond acceptors (Lipinski definition) is 7. The zero-order chi connectivity index (χ0) is 14.8. The molecular formula is C12H19N5O3. The van der Waals surface area contributed by atoms with Crippen molar-refractivity contribution >= 4 is 17.5 Å². The molecule has 8 nitrogen and oxygen atoms in total. The molecule has 8 heteroatoms. The van der Waals surface area contributed by atoms with Gasteiger partial charge in [0.1, 0.15) is 5.69 Å². The first-order chi connectivity index (χ1) is 9.51. The van der Waals surface area contributed by atoms with E-state index in [2.05, 4.69) is 20.6 Å². The molecule has 0 amide bonds. The molecule has 0 spiro atoms. The molecule has 1 aromatic heterocycles. The maximum absolute atomic E-state index is 11.2. The molecule has 1 heterocycles. The maximum Gasteiger partial charge on any atom is 0.332 e. The molecule has 0 saturated heterocycles. The molecule has 0 aromatic carbocycles. The number of aliphatic hydroxyl groups excluding tert-OH is 1. The van der Waals surface area contributed by atoms with Crippen molar-refractivity contribution in [2.75, 3.05) is 23.8 Å². The summed E-state index contributed by atoms with van der Waals surface area (Å²) in [5.74, 6) is 0.526. The molecular weight excluding hydrogens is 262 g/mol. The lowest BCUT2D eigenvalue weighted by atomic mass is 9.77. The molecule has 110 valence electrons. The number of rotatable bonds is 6. The van der Waals surface area contributed by atoms with Crippen LogP contribution in [0.3, 0.4) is 0 Å². The molecule has 1 aromatic rings. The normalized spacial score (nSPS) is 16.4. The molecule has 1 saturated carbocycles. The van der Waals surface area contributed by atoms with Gasteiger partial charge in [-0.2, -0.15) is 4.98 Å². The van der Waals surface area contributed by atoms with Gasteiger partial charge >= 0.3 is 5.69 Å². The van der Waals surface area contributed by atoms with Crippen LogP contribution in [0.25, 0.3) is 0 Å². The predicted octanol–water partition coefficient (Wildman–Crippen LogP) is 1.45. The standard InChI is InChI=1S/C12H19N5O3/c1-3-13-11-14-8(2)9(17(19)20)10(15-11)16-12(7-18)5-4-6-12/h18H,3-7H2,1-2H3,(H2,13,14,15,16). The summed E-state index contributed by atoms with van der Waals surface area (Å²) in [7, 11) is 0. The Morgan fingerprint density at radius 2 is 2.15 bits per heavy atom. The van der Waals surface area contributed by atoms with Crippen LogP contribution in [0.2, 0.25) is 0 Å². The lowest BCUT2D eigenvalue weighted by Gasteiger charge is -2.41. The molecule has 2 rings (SSSR count). The third kappa shape index (κ3) is 2.64. The fourth-order valence-corrected chi connectivity index (χ4v) is 2.29. The van der Waals surface area contributed by atoms with E-state index in [1.165, 1.54) is 0 Å².